The summed E-state index contributed by atoms with van der Waals surface area (Å²) in [5, 5.41) is 17.3. The molecule has 1 aromatic rings. The lowest BCUT2D eigenvalue weighted by atomic mass is 10.2. The summed E-state index contributed by atoms with van der Waals surface area (Å²) >= 11 is 1.99. The van der Waals surface area contributed by atoms with E-state index in [1.54, 1.807) is 12.1 Å². The highest BCUT2D eigenvalue weighted by molar-refractivity contribution is 14.1. The summed E-state index contributed by atoms with van der Waals surface area (Å²) in [6.07, 6.45) is 1.09. The average molecular weight is 333 g/mol. The molecule has 1 aliphatic heterocycles. The number of rotatable bonds is 3. The minimum absolute atomic E-state index is 0.163. The molecule has 1 fully saturated rings. The maximum absolute atomic E-state index is 10.6. The first-order valence-corrected chi connectivity index (χ1v) is 6.16. The Morgan fingerprint density at radius 1 is 1.56 bits per heavy atom. The number of hydrogen-bond acceptors (Lipinski definition) is 4. The normalized spacial score (nSPS) is 19.7. The number of nitro benzene ring substituents is 1. The van der Waals surface area contributed by atoms with Crippen LogP contribution in [0.5, 0.6) is 0 Å². The van der Waals surface area contributed by atoms with Gasteiger partial charge in [0, 0.05) is 24.3 Å². The zero-order valence-electron chi connectivity index (χ0n) is 8.57. The van der Waals surface area contributed by atoms with Crippen molar-refractivity contribution in [2.24, 2.45) is 0 Å². The Morgan fingerprint density at radius 2 is 2.38 bits per heavy atom. The summed E-state index contributed by atoms with van der Waals surface area (Å²) in [7, 11) is 0. The molecular weight excluding hydrogens is 321 g/mol. The third-order valence-corrected chi connectivity index (χ3v) is 3.44. The van der Waals surface area contributed by atoms with Gasteiger partial charge in [0.1, 0.15) is 0 Å². The van der Waals surface area contributed by atoms with Gasteiger partial charge < -0.3 is 10.6 Å². The minimum Gasteiger partial charge on any atom is -0.381 e. The quantitative estimate of drug-likeness (QED) is 0.504. The Morgan fingerprint density at radius 3 is 2.94 bits per heavy atom. The molecule has 2 rings (SSSR count). The second-order valence-electron chi connectivity index (χ2n) is 3.76. The smallest absolute Gasteiger partial charge is 0.282 e. The van der Waals surface area contributed by atoms with E-state index in [1.807, 2.05) is 28.7 Å². The van der Waals surface area contributed by atoms with Crippen LogP contribution >= 0.6 is 22.6 Å². The van der Waals surface area contributed by atoms with Crippen molar-refractivity contribution < 1.29 is 4.92 Å². The number of nitro groups is 1. The molecule has 1 unspecified atom stereocenters. The van der Waals surface area contributed by atoms with Gasteiger partial charge in [-0.15, -0.1) is 0 Å². The zero-order valence-corrected chi connectivity index (χ0v) is 10.7. The molecule has 1 heterocycles. The molecule has 1 atom stereocenters. The number of anilines is 1. The third kappa shape index (κ3) is 2.62. The predicted octanol–water partition coefficient (Wildman–Crippen LogP) is 1.97. The first kappa shape index (κ1) is 11.6. The lowest BCUT2D eigenvalue weighted by Crippen LogP contribution is -2.22. The fourth-order valence-electron chi connectivity index (χ4n) is 1.76. The van der Waals surface area contributed by atoms with Gasteiger partial charge in [-0.25, -0.2) is 0 Å². The molecule has 0 radical (unpaired) electrons. The van der Waals surface area contributed by atoms with Crippen molar-refractivity contribution in [3.63, 3.8) is 0 Å². The van der Waals surface area contributed by atoms with Crippen molar-refractivity contribution in [3.8, 4) is 0 Å². The van der Waals surface area contributed by atoms with Crippen molar-refractivity contribution in [1.29, 1.82) is 0 Å². The van der Waals surface area contributed by atoms with Gasteiger partial charge in [0.15, 0.2) is 0 Å². The van der Waals surface area contributed by atoms with E-state index in [2.05, 4.69) is 10.6 Å². The van der Waals surface area contributed by atoms with Gasteiger partial charge in [-0.3, -0.25) is 10.1 Å². The van der Waals surface area contributed by atoms with E-state index in [9.17, 15) is 10.1 Å². The molecule has 0 bridgehead atoms. The standard InChI is InChI=1S/C10H12IN3O2/c11-9-5-7(1-2-10(9)14(15)16)13-8-3-4-12-6-8/h1-2,5,8,12-13H,3-4,6H2. The highest BCUT2D eigenvalue weighted by Gasteiger charge is 2.16. The maximum Gasteiger partial charge on any atom is 0.282 e. The molecule has 0 aliphatic carbocycles. The van der Waals surface area contributed by atoms with Crippen LogP contribution in [0.15, 0.2) is 18.2 Å². The van der Waals surface area contributed by atoms with Crippen molar-refractivity contribution >= 4 is 34.0 Å². The molecule has 1 saturated heterocycles. The molecule has 2 N–H and O–H groups in total. The van der Waals surface area contributed by atoms with Gasteiger partial charge in [0.25, 0.3) is 5.69 Å². The Hall–Kier alpha value is -0.890. The van der Waals surface area contributed by atoms with E-state index in [1.165, 1.54) is 0 Å². The van der Waals surface area contributed by atoms with Crippen molar-refractivity contribution in [1.82, 2.24) is 5.32 Å². The van der Waals surface area contributed by atoms with Crippen LogP contribution in [-0.2, 0) is 0 Å². The van der Waals surface area contributed by atoms with Crippen LogP contribution in [0.25, 0.3) is 0 Å². The van der Waals surface area contributed by atoms with Crippen LogP contribution in [0.3, 0.4) is 0 Å². The average Bonchev–Trinajstić information content (AvgIpc) is 2.70. The minimum atomic E-state index is -0.358. The predicted molar refractivity (Wildman–Crippen MR) is 70.7 cm³/mol. The molecule has 0 amide bonds. The molecule has 0 spiro atoms. The highest BCUT2D eigenvalue weighted by atomic mass is 127. The molecule has 0 saturated carbocycles. The van der Waals surface area contributed by atoms with Gasteiger partial charge in [-0.2, -0.15) is 0 Å². The zero-order chi connectivity index (χ0) is 11.5. The highest BCUT2D eigenvalue weighted by Crippen LogP contribution is 2.24. The van der Waals surface area contributed by atoms with Gasteiger partial charge >= 0.3 is 0 Å². The van der Waals surface area contributed by atoms with Gasteiger partial charge in [0.2, 0.25) is 0 Å². The molecule has 5 nitrogen and oxygen atoms in total. The van der Waals surface area contributed by atoms with Gasteiger partial charge in [-0.05, 0) is 47.7 Å². The number of nitrogens with one attached hydrogen (secondary N) is 2. The Bertz CT molecular complexity index is 405. The second kappa shape index (κ2) is 4.96. The van der Waals surface area contributed by atoms with E-state index in [-0.39, 0.29) is 10.6 Å². The second-order valence-corrected chi connectivity index (χ2v) is 4.92. The van der Waals surface area contributed by atoms with Crippen molar-refractivity contribution in [2.75, 3.05) is 18.4 Å². The first-order valence-electron chi connectivity index (χ1n) is 5.08. The summed E-state index contributed by atoms with van der Waals surface area (Å²) in [4.78, 5) is 10.3. The van der Waals surface area contributed by atoms with E-state index in [0.717, 1.165) is 25.2 Å². The van der Waals surface area contributed by atoms with Gasteiger partial charge in [-0.1, -0.05) is 0 Å². The lowest BCUT2D eigenvalue weighted by molar-refractivity contribution is -0.385. The van der Waals surface area contributed by atoms with Crippen LogP contribution in [0.1, 0.15) is 6.42 Å². The Labute approximate surface area is 107 Å². The van der Waals surface area contributed by atoms with Crippen LogP contribution in [-0.4, -0.2) is 24.1 Å². The Balaban J connectivity index is 2.11. The fourth-order valence-corrected chi connectivity index (χ4v) is 2.47. The monoisotopic (exact) mass is 333 g/mol. The molecule has 6 heteroatoms. The topological polar surface area (TPSA) is 67.2 Å². The van der Waals surface area contributed by atoms with E-state index >= 15 is 0 Å². The van der Waals surface area contributed by atoms with Crippen LogP contribution in [0.4, 0.5) is 11.4 Å². The van der Waals surface area contributed by atoms with Crippen LogP contribution < -0.4 is 10.6 Å². The molecule has 86 valence electrons. The molecule has 16 heavy (non-hydrogen) atoms. The van der Waals surface area contributed by atoms with Gasteiger partial charge in [0.05, 0.1) is 8.49 Å². The van der Waals surface area contributed by atoms with Crippen molar-refractivity contribution in [3.05, 3.63) is 31.9 Å². The SMILES string of the molecule is O=[N+]([O-])c1ccc(NC2CCNC2)cc1I. The number of benzene rings is 1. The summed E-state index contributed by atoms with van der Waals surface area (Å²) in [6, 6.07) is 5.56. The summed E-state index contributed by atoms with van der Waals surface area (Å²) < 4.78 is 0.665. The number of hydrogen-bond donors (Lipinski definition) is 2. The lowest BCUT2D eigenvalue weighted by Gasteiger charge is -2.12. The van der Waals surface area contributed by atoms with Crippen LogP contribution in [0.2, 0.25) is 0 Å². The summed E-state index contributed by atoms with van der Waals surface area (Å²) in [5.41, 5.74) is 1.11. The summed E-state index contributed by atoms with van der Waals surface area (Å²) in [6.45, 7) is 1.98. The van der Waals surface area contributed by atoms with E-state index in [0.29, 0.717) is 9.61 Å². The number of nitrogens with zero attached hydrogens (tertiary/aromatic N) is 1. The maximum atomic E-state index is 10.6. The third-order valence-electron chi connectivity index (χ3n) is 2.58. The molecule has 0 aromatic heterocycles. The largest absolute Gasteiger partial charge is 0.381 e. The number of halogens is 1. The first-order chi connectivity index (χ1) is 7.66. The van der Waals surface area contributed by atoms with Crippen LogP contribution in [0, 0.1) is 13.7 Å². The summed E-state index contributed by atoms with van der Waals surface area (Å²) in [5.74, 6) is 0. The Kier molecular flexibility index (Phi) is 3.59. The molecule has 1 aliphatic rings. The van der Waals surface area contributed by atoms with Crippen molar-refractivity contribution in [2.45, 2.75) is 12.5 Å². The van der Waals surface area contributed by atoms with E-state index < -0.39 is 0 Å². The van der Waals surface area contributed by atoms with E-state index in [4.69, 9.17) is 0 Å². The molecule has 1 aromatic carbocycles. The molecular formula is C10H12IN3O2. The fraction of sp³-hybridized carbons (Fsp3) is 0.400.